The van der Waals surface area contributed by atoms with E-state index >= 15 is 0 Å². The number of carbonyl (C=O) groups excluding carboxylic acids is 2. The first-order chi connectivity index (χ1) is 18.1. The molecule has 39 heavy (non-hydrogen) atoms. The monoisotopic (exact) mass is 690 g/mol. The van der Waals surface area contributed by atoms with Crippen LogP contribution in [0.1, 0.15) is 20.7 Å². The third-order valence-corrected chi connectivity index (χ3v) is 33.9. The molecule has 2 aliphatic carbocycles. The van der Waals surface area contributed by atoms with Crippen LogP contribution in [0.3, 0.4) is 0 Å². The zero-order valence-electron chi connectivity index (χ0n) is 19.6. The molecule has 0 aliphatic heterocycles. The molecular formula is C24H20Cl2O10P2Zr. The summed E-state index contributed by atoms with van der Waals surface area (Å²) in [6, 6.07) is 15.5. The van der Waals surface area contributed by atoms with Crippen LogP contribution in [0.15, 0.2) is 109 Å². The molecule has 15 heteroatoms. The molecule has 0 fully saturated rings. The summed E-state index contributed by atoms with van der Waals surface area (Å²) in [5.41, 5.74) is 0.287. The van der Waals surface area contributed by atoms with Crippen molar-refractivity contribution < 1.29 is 65.6 Å². The van der Waals surface area contributed by atoms with Crippen molar-refractivity contribution >= 4 is 44.2 Å². The van der Waals surface area contributed by atoms with Crippen LogP contribution >= 0.6 is 32.2 Å². The van der Waals surface area contributed by atoms with Crippen LogP contribution in [0.25, 0.3) is 0 Å². The van der Waals surface area contributed by atoms with Crippen molar-refractivity contribution in [3.63, 3.8) is 0 Å². The Kier molecular flexibility index (Phi) is 8.35. The second kappa shape index (κ2) is 10.8. The summed E-state index contributed by atoms with van der Waals surface area (Å²) in [7, 11) is 2.74. The molecule has 0 radical (unpaired) electrons. The van der Waals surface area contributed by atoms with Crippen LogP contribution in [-0.2, 0) is 36.5 Å². The summed E-state index contributed by atoms with van der Waals surface area (Å²) in [6.45, 7) is 0. The molecule has 0 amide bonds. The number of esters is 2. The number of rotatable bonds is 8. The second-order valence-electron chi connectivity index (χ2n) is 8.58. The van der Waals surface area contributed by atoms with Crippen molar-refractivity contribution in [3.05, 3.63) is 120 Å². The Hall–Kier alpha value is -1.90. The van der Waals surface area contributed by atoms with E-state index in [0.29, 0.717) is 0 Å². The Morgan fingerprint density at radius 3 is 1.31 bits per heavy atom. The van der Waals surface area contributed by atoms with E-state index in [9.17, 15) is 38.3 Å². The number of hydrogen-bond acceptors (Lipinski definition) is 6. The van der Waals surface area contributed by atoms with Crippen LogP contribution in [0.2, 0.25) is 0 Å². The zero-order valence-corrected chi connectivity index (χ0v) is 25.4. The minimum atomic E-state index is -6.08. The summed E-state index contributed by atoms with van der Waals surface area (Å²) < 4.78 is 31.2. The van der Waals surface area contributed by atoms with Crippen LogP contribution in [0.5, 0.6) is 0 Å². The van der Waals surface area contributed by atoms with Crippen molar-refractivity contribution in [2.24, 2.45) is 0 Å². The van der Waals surface area contributed by atoms with Gasteiger partial charge in [0.25, 0.3) is 0 Å². The number of ether oxygens (including phenoxy) is 2. The van der Waals surface area contributed by atoms with Crippen molar-refractivity contribution in [2.45, 2.75) is 5.73 Å². The maximum atomic E-state index is 12.9. The van der Waals surface area contributed by atoms with Crippen molar-refractivity contribution in [3.8, 4) is 0 Å². The summed E-state index contributed by atoms with van der Waals surface area (Å²) in [5, 5.41) is 0. The van der Waals surface area contributed by atoms with Crippen molar-refractivity contribution in [2.75, 3.05) is 0 Å². The Balaban J connectivity index is 1.76. The first-order valence-electron chi connectivity index (χ1n) is 11.0. The van der Waals surface area contributed by atoms with Gasteiger partial charge in [-0.25, -0.2) is 0 Å². The molecule has 0 saturated heterocycles. The van der Waals surface area contributed by atoms with Gasteiger partial charge in [0.2, 0.25) is 0 Å². The Labute approximate surface area is 234 Å². The van der Waals surface area contributed by atoms with E-state index in [4.69, 9.17) is 26.5 Å². The van der Waals surface area contributed by atoms with Gasteiger partial charge in [0, 0.05) is 0 Å². The average molecular weight is 692 g/mol. The first kappa shape index (κ1) is 30.1. The molecule has 0 saturated carbocycles. The molecule has 10 nitrogen and oxygen atoms in total. The summed E-state index contributed by atoms with van der Waals surface area (Å²) >= 11 is -6.08. The summed E-state index contributed by atoms with van der Waals surface area (Å²) in [4.78, 5) is 66.8. The number of hydrogen-bond donors (Lipinski definition) is 4. The quantitative estimate of drug-likeness (QED) is 0.223. The molecule has 0 heterocycles. The van der Waals surface area contributed by atoms with Gasteiger partial charge < -0.3 is 0 Å². The van der Waals surface area contributed by atoms with Gasteiger partial charge in [-0.15, -0.1) is 0 Å². The van der Waals surface area contributed by atoms with E-state index in [1.165, 1.54) is 24.3 Å². The van der Waals surface area contributed by atoms with Gasteiger partial charge in [0.05, 0.1) is 0 Å². The molecule has 0 bridgehead atoms. The van der Waals surface area contributed by atoms with Gasteiger partial charge in [-0.1, -0.05) is 0 Å². The van der Waals surface area contributed by atoms with Crippen LogP contribution < -0.4 is 0 Å². The van der Waals surface area contributed by atoms with Gasteiger partial charge in [0.1, 0.15) is 0 Å². The van der Waals surface area contributed by atoms with Gasteiger partial charge in [-0.05, 0) is 0 Å². The summed E-state index contributed by atoms with van der Waals surface area (Å²) in [5.74, 6) is -2.34. The predicted molar refractivity (Wildman–Crippen MR) is 139 cm³/mol. The Bertz CT molecular complexity index is 1410. The zero-order chi connectivity index (χ0) is 28.7. The molecule has 4 rings (SSSR count). The Morgan fingerprint density at radius 1 is 0.667 bits per heavy atom. The standard InChI is InChI=1S/2C12H10O5P.2ClH.Zr/c2*13-12(9-4-2-1-3-5-9)17-10-6-7-11(8-10)18(14,15)16;;;/h2*1-8H,(H2,14,15,16);2*1H;/q;;;;+2/p-2. The van der Waals surface area contributed by atoms with Gasteiger partial charge in [-0.3, -0.25) is 0 Å². The molecular weight excluding hydrogens is 672 g/mol. The Morgan fingerprint density at radius 2 is 1.00 bits per heavy atom. The van der Waals surface area contributed by atoms with E-state index in [1.54, 1.807) is 36.4 Å². The number of allylic oxidation sites excluding steroid dienone is 6. The van der Waals surface area contributed by atoms with Crippen molar-refractivity contribution in [1.82, 2.24) is 0 Å². The molecule has 4 N–H and O–H groups in total. The van der Waals surface area contributed by atoms with E-state index < -0.39 is 50.7 Å². The van der Waals surface area contributed by atoms with Gasteiger partial charge in [-0.2, -0.15) is 0 Å². The van der Waals surface area contributed by atoms with E-state index in [-0.39, 0.29) is 22.6 Å². The van der Waals surface area contributed by atoms with Crippen LogP contribution in [-0.4, -0.2) is 37.2 Å². The normalized spacial score (nSPS) is 22.8. The predicted octanol–water partition coefficient (Wildman–Crippen LogP) is 4.82. The van der Waals surface area contributed by atoms with Gasteiger partial charge in [0.15, 0.2) is 0 Å². The van der Waals surface area contributed by atoms with Crippen LogP contribution in [0, 0.1) is 0 Å². The minimum absolute atomic E-state index is 0.144. The van der Waals surface area contributed by atoms with E-state index in [2.05, 4.69) is 0 Å². The molecule has 2 atom stereocenters. The van der Waals surface area contributed by atoms with Crippen LogP contribution in [0.4, 0.5) is 0 Å². The maximum absolute atomic E-state index is 12.9. The van der Waals surface area contributed by atoms with Crippen molar-refractivity contribution in [1.29, 1.82) is 0 Å². The summed E-state index contributed by atoms with van der Waals surface area (Å²) in [6.07, 6.45) is 5.59. The van der Waals surface area contributed by atoms with Gasteiger partial charge >= 0.3 is 235 Å². The number of halogens is 2. The molecule has 2 aromatic carbocycles. The number of benzene rings is 2. The first-order valence-corrected chi connectivity index (χ1v) is 23.0. The third-order valence-electron chi connectivity index (χ3n) is 6.14. The van der Waals surface area contributed by atoms with E-state index in [1.807, 2.05) is 0 Å². The molecule has 204 valence electrons. The third kappa shape index (κ3) is 5.41. The second-order valence-corrected chi connectivity index (χ2v) is 29.1. The fourth-order valence-electron chi connectivity index (χ4n) is 4.09. The number of carbonyl (C=O) groups is 2. The van der Waals surface area contributed by atoms with E-state index in [0.717, 1.165) is 36.5 Å². The average Bonchev–Trinajstić information content (AvgIpc) is 3.51. The SMILES string of the molecule is O=C(OC1=C[C](P(=O)(O)O)([Zr]([Cl])([Cl])[C]2(P(=O)(O)O)C=CC(OC(=O)c3ccccc3)=C2)C=C1)c1ccccc1. The fourth-order valence-corrected chi connectivity index (χ4v) is 29.3. The molecule has 0 aromatic heterocycles. The molecule has 2 aliphatic rings. The molecule has 2 unspecified atom stereocenters. The fraction of sp³-hybridized carbons (Fsp3) is 0.0833. The molecule has 2 aromatic rings. The topological polar surface area (TPSA) is 168 Å². The molecule has 0 spiro atoms.